The van der Waals surface area contributed by atoms with E-state index >= 15 is 0 Å². The number of aryl methyl sites for hydroxylation is 1. The summed E-state index contributed by atoms with van der Waals surface area (Å²) in [7, 11) is 0. The highest BCUT2D eigenvalue weighted by molar-refractivity contribution is 9.10. The molecule has 0 radical (unpaired) electrons. The minimum absolute atomic E-state index is 0.136. The highest BCUT2D eigenvalue weighted by atomic mass is 79.9. The number of nitrogens with one attached hydrogen (secondary N) is 1. The van der Waals surface area contributed by atoms with Gasteiger partial charge >= 0.3 is 0 Å². The lowest BCUT2D eigenvalue weighted by Crippen LogP contribution is -2.12. The first-order valence-electron chi connectivity index (χ1n) is 6.41. The van der Waals surface area contributed by atoms with Crippen molar-refractivity contribution in [2.45, 2.75) is 13.8 Å². The van der Waals surface area contributed by atoms with Crippen molar-refractivity contribution in [3.05, 3.63) is 58.1 Å². The van der Waals surface area contributed by atoms with Crippen molar-refractivity contribution in [3.8, 4) is 5.75 Å². The maximum Gasteiger partial charge on any atom is 0.255 e. The van der Waals surface area contributed by atoms with Crippen LogP contribution < -0.4 is 10.1 Å². The molecule has 0 saturated carbocycles. The minimum Gasteiger partial charge on any atom is -0.494 e. The Bertz CT molecular complexity index is 626. The van der Waals surface area contributed by atoms with Gasteiger partial charge in [-0.05, 0) is 65.7 Å². The molecule has 4 heteroatoms. The molecule has 104 valence electrons. The van der Waals surface area contributed by atoms with Crippen LogP contribution in [0.15, 0.2) is 46.9 Å². The summed E-state index contributed by atoms with van der Waals surface area (Å²) in [5, 5.41) is 2.88. The number of halogens is 1. The third-order valence-electron chi connectivity index (χ3n) is 2.86. The fourth-order valence-corrected chi connectivity index (χ4v) is 2.25. The van der Waals surface area contributed by atoms with E-state index in [1.54, 1.807) is 6.07 Å². The van der Waals surface area contributed by atoms with E-state index in [-0.39, 0.29) is 5.91 Å². The molecule has 0 aliphatic rings. The summed E-state index contributed by atoms with van der Waals surface area (Å²) in [5.41, 5.74) is 2.32. The number of benzene rings is 2. The summed E-state index contributed by atoms with van der Waals surface area (Å²) >= 11 is 3.41. The Kier molecular flexibility index (Phi) is 4.79. The molecular formula is C16H16BrNO2. The molecule has 0 aromatic heterocycles. The molecule has 0 unspecified atom stereocenters. The van der Waals surface area contributed by atoms with Crippen LogP contribution >= 0.6 is 15.9 Å². The van der Waals surface area contributed by atoms with E-state index in [9.17, 15) is 4.79 Å². The molecule has 1 N–H and O–H groups in total. The van der Waals surface area contributed by atoms with Gasteiger partial charge in [0.05, 0.1) is 12.3 Å². The number of para-hydroxylation sites is 1. The minimum atomic E-state index is -0.136. The standard InChI is InChI=1S/C16H16BrNO2/c1-3-20-15-9-8-12(10-11(15)2)16(19)18-14-7-5-4-6-13(14)17/h4-10H,3H2,1-2H3,(H,18,19). The van der Waals surface area contributed by atoms with Gasteiger partial charge in [-0.1, -0.05) is 12.1 Å². The van der Waals surface area contributed by atoms with Gasteiger partial charge in [-0.15, -0.1) is 0 Å². The quantitative estimate of drug-likeness (QED) is 0.899. The van der Waals surface area contributed by atoms with Crippen molar-refractivity contribution in [2.75, 3.05) is 11.9 Å². The molecule has 2 aromatic rings. The van der Waals surface area contributed by atoms with Crippen LogP contribution in [-0.2, 0) is 0 Å². The molecule has 2 aromatic carbocycles. The third-order valence-corrected chi connectivity index (χ3v) is 3.55. The van der Waals surface area contributed by atoms with Crippen LogP contribution in [0.5, 0.6) is 5.75 Å². The largest absolute Gasteiger partial charge is 0.494 e. The maximum absolute atomic E-state index is 12.2. The van der Waals surface area contributed by atoms with Crippen molar-refractivity contribution in [2.24, 2.45) is 0 Å². The zero-order chi connectivity index (χ0) is 14.5. The summed E-state index contributed by atoms with van der Waals surface area (Å²) in [6.07, 6.45) is 0. The van der Waals surface area contributed by atoms with E-state index in [1.165, 1.54) is 0 Å². The molecule has 1 amide bonds. The average Bonchev–Trinajstić information content (AvgIpc) is 2.43. The van der Waals surface area contributed by atoms with E-state index < -0.39 is 0 Å². The molecule has 3 nitrogen and oxygen atoms in total. The van der Waals surface area contributed by atoms with E-state index in [0.717, 1.165) is 21.5 Å². The molecule has 0 heterocycles. The van der Waals surface area contributed by atoms with Crippen molar-refractivity contribution < 1.29 is 9.53 Å². The zero-order valence-electron chi connectivity index (χ0n) is 11.4. The molecule has 0 spiro atoms. The number of hydrogen-bond donors (Lipinski definition) is 1. The number of ether oxygens (including phenoxy) is 1. The highest BCUT2D eigenvalue weighted by Gasteiger charge is 2.10. The topological polar surface area (TPSA) is 38.3 Å². The fraction of sp³-hybridized carbons (Fsp3) is 0.188. The second-order valence-corrected chi connectivity index (χ2v) is 5.20. The first-order chi connectivity index (χ1) is 9.61. The normalized spacial score (nSPS) is 10.2. The number of hydrogen-bond acceptors (Lipinski definition) is 2. The molecule has 0 aliphatic heterocycles. The van der Waals surface area contributed by atoms with Crippen LogP contribution in [0.4, 0.5) is 5.69 Å². The Hall–Kier alpha value is -1.81. The van der Waals surface area contributed by atoms with Gasteiger partial charge in [0, 0.05) is 10.0 Å². The summed E-state index contributed by atoms with van der Waals surface area (Å²) in [5.74, 6) is 0.674. The van der Waals surface area contributed by atoms with Gasteiger partial charge in [0.25, 0.3) is 5.91 Å². The van der Waals surface area contributed by atoms with Gasteiger partial charge in [0.15, 0.2) is 0 Å². The second kappa shape index (κ2) is 6.57. The molecule has 2 rings (SSSR count). The average molecular weight is 334 g/mol. The number of carbonyl (C=O) groups excluding carboxylic acids is 1. The van der Waals surface area contributed by atoms with Crippen LogP contribution in [0.3, 0.4) is 0 Å². The molecule has 0 saturated heterocycles. The summed E-state index contributed by atoms with van der Waals surface area (Å²) in [4.78, 5) is 12.2. The number of carbonyl (C=O) groups is 1. The van der Waals surface area contributed by atoms with Crippen LogP contribution in [0.25, 0.3) is 0 Å². The predicted octanol–water partition coefficient (Wildman–Crippen LogP) is 4.41. The fourth-order valence-electron chi connectivity index (χ4n) is 1.87. The Balaban J connectivity index is 2.18. The molecule has 0 aliphatic carbocycles. The van der Waals surface area contributed by atoms with Gasteiger partial charge < -0.3 is 10.1 Å². The smallest absolute Gasteiger partial charge is 0.255 e. The Morgan fingerprint density at radius 3 is 2.65 bits per heavy atom. The van der Waals surface area contributed by atoms with Crippen molar-refractivity contribution in [1.82, 2.24) is 0 Å². The molecule has 0 bridgehead atoms. The first kappa shape index (κ1) is 14.6. The van der Waals surface area contributed by atoms with Crippen LogP contribution in [0.1, 0.15) is 22.8 Å². The van der Waals surface area contributed by atoms with Crippen LogP contribution in [-0.4, -0.2) is 12.5 Å². The van der Waals surface area contributed by atoms with Crippen molar-refractivity contribution >= 4 is 27.5 Å². The summed E-state index contributed by atoms with van der Waals surface area (Å²) in [6, 6.07) is 12.9. The predicted molar refractivity (Wildman–Crippen MR) is 84.4 cm³/mol. The SMILES string of the molecule is CCOc1ccc(C(=O)Nc2ccccc2Br)cc1C. The van der Waals surface area contributed by atoms with Crippen molar-refractivity contribution in [1.29, 1.82) is 0 Å². The summed E-state index contributed by atoms with van der Waals surface area (Å²) < 4.78 is 6.33. The molecule has 0 fully saturated rings. The Morgan fingerprint density at radius 2 is 2.00 bits per heavy atom. The number of anilines is 1. The monoisotopic (exact) mass is 333 g/mol. The zero-order valence-corrected chi connectivity index (χ0v) is 13.0. The van der Waals surface area contributed by atoms with E-state index in [1.807, 2.05) is 50.2 Å². The lowest BCUT2D eigenvalue weighted by atomic mass is 10.1. The van der Waals surface area contributed by atoms with E-state index in [4.69, 9.17) is 4.74 Å². The maximum atomic E-state index is 12.2. The summed E-state index contributed by atoms with van der Waals surface area (Å²) in [6.45, 7) is 4.48. The van der Waals surface area contributed by atoms with Gasteiger partial charge in [0.2, 0.25) is 0 Å². The molecule has 0 atom stereocenters. The van der Waals surface area contributed by atoms with Gasteiger partial charge in [-0.3, -0.25) is 4.79 Å². The van der Waals surface area contributed by atoms with E-state index in [2.05, 4.69) is 21.2 Å². The van der Waals surface area contributed by atoms with Crippen LogP contribution in [0.2, 0.25) is 0 Å². The molecular weight excluding hydrogens is 318 g/mol. The number of amides is 1. The number of rotatable bonds is 4. The third kappa shape index (κ3) is 3.39. The highest BCUT2D eigenvalue weighted by Crippen LogP contribution is 2.23. The van der Waals surface area contributed by atoms with Gasteiger partial charge in [0.1, 0.15) is 5.75 Å². The lowest BCUT2D eigenvalue weighted by Gasteiger charge is -2.10. The van der Waals surface area contributed by atoms with E-state index in [0.29, 0.717) is 12.2 Å². The molecule has 20 heavy (non-hydrogen) atoms. The van der Waals surface area contributed by atoms with Gasteiger partial charge in [-0.25, -0.2) is 0 Å². The second-order valence-electron chi connectivity index (χ2n) is 4.35. The Labute approximate surface area is 127 Å². The van der Waals surface area contributed by atoms with Crippen LogP contribution in [0, 0.1) is 6.92 Å². The first-order valence-corrected chi connectivity index (χ1v) is 7.20. The van der Waals surface area contributed by atoms with Crippen molar-refractivity contribution in [3.63, 3.8) is 0 Å². The lowest BCUT2D eigenvalue weighted by molar-refractivity contribution is 0.102. The Morgan fingerprint density at radius 1 is 1.25 bits per heavy atom. The van der Waals surface area contributed by atoms with Gasteiger partial charge in [-0.2, -0.15) is 0 Å².